The van der Waals surface area contributed by atoms with E-state index in [4.69, 9.17) is 16.2 Å². The van der Waals surface area contributed by atoms with Crippen molar-refractivity contribution >= 4 is 17.5 Å². The molecule has 1 aromatic carbocycles. The van der Waals surface area contributed by atoms with Gasteiger partial charge in [0.1, 0.15) is 24.9 Å². The predicted molar refractivity (Wildman–Crippen MR) is 173 cm³/mol. The van der Waals surface area contributed by atoms with Crippen LogP contribution in [0.1, 0.15) is 113 Å². The number of amides is 2. The lowest BCUT2D eigenvalue weighted by Crippen LogP contribution is -2.44. The number of piperidine rings is 1. The van der Waals surface area contributed by atoms with Crippen LogP contribution in [0, 0.1) is 6.92 Å². The third-order valence-corrected chi connectivity index (χ3v) is 9.12. The molecule has 2 aromatic rings. The Labute approximate surface area is 262 Å². The number of anilines is 1. The zero-order chi connectivity index (χ0) is 31.5. The quantitative estimate of drug-likeness (QED) is 0.185. The molecule has 44 heavy (non-hydrogen) atoms. The van der Waals surface area contributed by atoms with E-state index in [-0.39, 0.29) is 31.1 Å². The second-order valence-electron chi connectivity index (χ2n) is 12.8. The third kappa shape index (κ3) is 9.57. The minimum absolute atomic E-state index is 0.0719. The van der Waals surface area contributed by atoms with Gasteiger partial charge in [-0.1, -0.05) is 45.2 Å². The molecule has 3 heterocycles. The molecule has 1 aromatic heterocycles. The van der Waals surface area contributed by atoms with Crippen molar-refractivity contribution in [1.82, 2.24) is 25.0 Å². The molecule has 2 saturated heterocycles. The fourth-order valence-electron chi connectivity index (χ4n) is 6.83. The number of hydrogen-bond acceptors (Lipinski definition) is 8. The van der Waals surface area contributed by atoms with Gasteiger partial charge in [0, 0.05) is 48.9 Å². The normalized spacial score (nSPS) is 20.6. The molecular formula is C33H54N8O3. The molecule has 2 amide bonds. The first-order valence-corrected chi connectivity index (χ1v) is 16.6. The Kier molecular flexibility index (Phi) is 13.1. The molecule has 0 spiro atoms. The Morgan fingerprint density at radius 3 is 2.30 bits per heavy atom. The predicted octanol–water partition coefficient (Wildman–Crippen LogP) is 3.95. The van der Waals surface area contributed by atoms with Gasteiger partial charge in [-0.15, -0.1) is 10.2 Å². The van der Waals surface area contributed by atoms with Crippen LogP contribution in [-0.4, -0.2) is 76.4 Å². The Morgan fingerprint density at radius 2 is 1.61 bits per heavy atom. The van der Waals surface area contributed by atoms with Crippen LogP contribution in [0.25, 0.3) is 0 Å². The number of nitrogens with zero attached hydrogens (tertiary/aromatic N) is 4. The van der Waals surface area contributed by atoms with Crippen molar-refractivity contribution in [2.45, 2.75) is 115 Å². The van der Waals surface area contributed by atoms with Gasteiger partial charge in [0.05, 0.1) is 0 Å². The number of carbonyl (C=O) groups excluding carboxylic acids is 2. The molecular weight excluding hydrogens is 556 g/mol. The number of unbranched alkanes of at least 4 members (excludes halogenated alkanes) is 4. The number of aryl methyl sites for hydroxylation is 1. The van der Waals surface area contributed by atoms with E-state index in [9.17, 15) is 9.59 Å². The number of ether oxygens (including phenoxy) is 1. The zero-order valence-corrected chi connectivity index (χ0v) is 27.0. The van der Waals surface area contributed by atoms with Crippen molar-refractivity contribution in [2.75, 3.05) is 38.2 Å². The average Bonchev–Trinajstić information content (AvgIpc) is 3.50. The lowest BCUT2D eigenvalue weighted by atomic mass is 9.95. The van der Waals surface area contributed by atoms with Crippen LogP contribution in [0.3, 0.4) is 0 Å². The number of nitrogens with two attached hydrogens (primary N) is 2. The minimum atomic E-state index is -0.296. The molecule has 2 aliphatic heterocycles. The molecule has 11 nitrogen and oxygen atoms in total. The highest BCUT2D eigenvalue weighted by Crippen LogP contribution is 2.42. The Bertz CT molecular complexity index is 1170. The molecule has 3 unspecified atom stereocenters. The number of aromatic nitrogens is 3. The van der Waals surface area contributed by atoms with Crippen LogP contribution in [0.15, 0.2) is 24.3 Å². The fourth-order valence-corrected chi connectivity index (χ4v) is 6.83. The number of rotatable bonds is 18. The van der Waals surface area contributed by atoms with Crippen molar-refractivity contribution in [1.29, 1.82) is 0 Å². The molecule has 2 bridgehead atoms. The van der Waals surface area contributed by atoms with Crippen molar-refractivity contribution in [3.8, 4) is 0 Å². The first-order valence-electron chi connectivity index (χ1n) is 16.6. The summed E-state index contributed by atoms with van der Waals surface area (Å²) in [6.45, 7) is 8.49. The molecule has 0 radical (unpaired) electrons. The molecule has 0 saturated carbocycles. The van der Waals surface area contributed by atoms with Gasteiger partial charge < -0.3 is 31.4 Å². The Hall–Kier alpha value is -2.86. The largest absolute Gasteiger partial charge is 0.362 e. The monoisotopic (exact) mass is 610 g/mol. The summed E-state index contributed by atoms with van der Waals surface area (Å²) in [7, 11) is 0. The van der Waals surface area contributed by atoms with E-state index in [0.29, 0.717) is 36.3 Å². The molecule has 11 heteroatoms. The van der Waals surface area contributed by atoms with Crippen LogP contribution in [-0.2, 0) is 14.3 Å². The SMILES string of the molecule is Cc1nnc(C(C)C)n1C1CC2CCC(C1)N2CCC(N)c1ccc(NC(=O)COCC(=O)NCCCCCCCN)cc1. The van der Waals surface area contributed by atoms with E-state index < -0.39 is 0 Å². The zero-order valence-electron chi connectivity index (χ0n) is 27.0. The fraction of sp³-hybridized carbons (Fsp3) is 0.697. The lowest BCUT2D eigenvalue weighted by molar-refractivity contribution is -0.128. The van der Waals surface area contributed by atoms with Gasteiger partial charge in [-0.2, -0.15) is 0 Å². The summed E-state index contributed by atoms with van der Waals surface area (Å²) in [5.41, 5.74) is 13.8. The molecule has 244 valence electrons. The molecule has 4 rings (SSSR count). The van der Waals surface area contributed by atoms with Crippen LogP contribution >= 0.6 is 0 Å². The molecule has 3 atom stereocenters. The number of benzene rings is 1. The van der Waals surface area contributed by atoms with E-state index in [1.807, 2.05) is 24.3 Å². The summed E-state index contributed by atoms with van der Waals surface area (Å²) in [6, 6.07) is 9.26. The maximum atomic E-state index is 12.3. The topological polar surface area (TPSA) is 153 Å². The highest BCUT2D eigenvalue weighted by Gasteiger charge is 2.42. The number of nitrogens with one attached hydrogen (secondary N) is 2. The summed E-state index contributed by atoms with van der Waals surface area (Å²) in [5.74, 6) is 2.00. The summed E-state index contributed by atoms with van der Waals surface area (Å²) >= 11 is 0. The second-order valence-corrected chi connectivity index (χ2v) is 12.8. The van der Waals surface area contributed by atoms with Gasteiger partial charge in [0.2, 0.25) is 11.8 Å². The van der Waals surface area contributed by atoms with E-state index in [0.717, 1.165) is 81.7 Å². The summed E-state index contributed by atoms with van der Waals surface area (Å²) in [4.78, 5) is 26.9. The van der Waals surface area contributed by atoms with E-state index in [1.54, 1.807) is 0 Å². The second kappa shape index (κ2) is 17.0. The first kappa shape index (κ1) is 34.0. The molecule has 0 aliphatic carbocycles. The van der Waals surface area contributed by atoms with Crippen molar-refractivity contribution in [3.05, 3.63) is 41.5 Å². The van der Waals surface area contributed by atoms with Gasteiger partial charge in [-0.25, -0.2) is 0 Å². The average molecular weight is 611 g/mol. The van der Waals surface area contributed by atoms with Crippen molar-refractivity contribution < 1.29 is 14.3 Å². The number of carbonyl (C=O) groups is 2. The van der Waals surface area contributed by atoms with E-state index >= 15 is 0 Å². The van der Waals surface area contributed by atoms with Crippen LogP contribution in [0.2, 0.25) is 0 Å². The maximum absolute atomic E-state index is 12.3. The van der Waals surface area contributed by atoms with Gasteiger partial charge >= 0.3 is 0 Å². The maximum Gasteiger partial charge on any atom is 0.250 e. The van der Waals surface area contributed by atoms with E-state index in [2.05, 4.69) is 51.1 Å². The Balaban J connectivity index is 1.14. The van der Waals surface area contributed by atoms with Crippen molar-refractivity contribution in [2.24, 2.45) is 11.5 Å². The summed E-state index contributed by atoms with van der Waals surface area (Å²) in [6.07, 6.45) is 11.0. The van der Waals surface area contributed by atoms with Crippen LogP contribution in [0.5, 0.6) is 0 Å². The first-order chi connectivity index (χ1) is 21.3. The molecule has 2 fully saturated rings. The van der Waals surface area contributed by atoms with Gasteiger partial charge in [-0.3, -0.25) is 14.5 Å². The molecule has 6 N–H and O–H groups in total. The summed E-state index contributed by atoms with van der Waals surface area (Å²) in [5, 5.41) is 14.5. The smallest absolute Gasteiger partial charge is 0.250 e. The van der Waals surface area contributed by atoms with Crippen LogP contribution < -0.4 is 22.1 Å². The van der Waals surface area contributed by atoms with E-state index in [1.165, 1.54) is 12.8 Å². The molecule has 2 aliphatic rings. The van der Waals surface area contributed by atoms with Gasteiger partial charge in [0.25, 0.3) is 0 Å². The third-order valence-electron chi connectivity index (χ3n) is 9.12. The van der Waals surface area contributed by atoms with Crippen LogP contribution in [0.4, 0.5) is 5.69 Å². The number of hydrogen-bond donors (Lipinski definition) is 4. The highest BCUT2D eigenvalue weighted by atomic mass is 16.5. The highest BCUT2D eigenvalue weighted by molar-refractivity contribution is 5.91. The standard InChI is InChI=1S/C33H54N8O3/c1-23(2)33-39-38-24(3)41(33)29-19-27-13-14-28(20-29)40(27)18-15-30(35)25-9-11-26(12-10-25)37-32(43)22-44-21-31(42)36-17-8-6-4-5-7-16-34/h9-12,23,27-30H,4-8,13-22,34-35H2,1-3H3,(H,36,42)(H,37,43). The minimum Gasteiger partial charge on any atom is -0.362 e. The Morgan fingerprint density at radius 1 is 0.955 bits per heavy atom. The van der Waals surface area contributed by atoms with Crippen molar-refractivity contribution in [3.63, 3.8) is 0 Å². The van der Waals surface area contributed by atoms with Gasteiger partial charge in [0.15, 0.2) is 0 Å². The number of fused-ring (bicyclic) bond motifs is 2. The lowest BCUT2D eigenvalue weighted by Gasteiger charge is -2.40. The van der Waals surface area contributed by atoms with Gasteiger partial charge in [-0.05, 0) is 76.1 Å². The summed E-state index contributed by atoms with van der Waals surface area (Å²) < 4.78 is 7.69.